The number of carbonyl (C=O) groups excluding carboxylic acids is 5. The number of fused-ring (bicyclic) bond motifs is 1. The predicted octanol–water partition coefficient (Wildman–Crippen LogP) is -0.519. The first kappa shape index (κ1) is 25.5. The number of hydrogen-bond acceptors (Lipinski definition) is 7. The summed E-state index contributed by atoms with van der Waals surface area (Å²) >= 11 is 0. The summed E-state index contributed by atoms with van der Waals surface area (Å²) < 4.78 is 0. The van der Waals surface area contributed by atoms with Gasteiger partial charge in [-0.2, -0.15) is 0 Å². The van der Waals surface area contributed by atoms with Crippen LogP contribution in [0.15, 0.2) is 54.7 Å². The van der Waals surface area contributed by atoms with Crippen LogP contribution in [0, 0.1) is 0 Å². The number of carbonyl (C=O) groups is 5. The molecule has 192 valence electrons. The molecule has 6 N–H and O–H groups in total. The molecule has 12 nitrogen and oxygen atoms in total. The number of hydrogen-bond donors (Lipinski definition) is 5. The van der Waals surface area contributed by atoms with E-state index < -0.39 is 35.7 Å². The van der Waals surface area contributed by atoms with Crippen LogP contribution in [0.2, 0.25) is 0 Å². The molecule has 2 aromatic carbocycles. The van der Waals surface area contributed by atoms with Crippen LogP contribution in [0.5, 0.6) is 0 Å². The lowest BCUT2D eigenvalue weighted by Gasteiger charge is -2.34. The molecule has 2 atom stereocenters. The van der Waals surface area contributed by atoms with E-state index >= 15 is 0 Å². The molecule has 2 heterocycles. The van der Waals surface area contributed by atoms with Crippen LogP contribution in [0.25, 0.3) is 10.9 Å². The molecule has 12 heteroatoms. The average molecular weight is 508 g/mol. The van der Waals surface area contributed by atoms with E-state index in [0.29, 0.717) is 16.5 Å². The second kappa shape index (κ2) is 10.6. The Bertz CT molecular complexity index is 1360. The normalized spacial score (nSPS) is 15.2. The number of Topliss-reactive ketones (excluding diaryl/α,β-unsaturated/α-hetero) is 1. The number of aromatic nitrogens is 1. The number of nitrogens with two attached hydrogens (primary N) is 1. The van der Waals surface area contributed by atoms with E-state index in [1.54, 1.807) is 35.2 Å². The lowest BCUT2D eigenvalue weighted by Crippen LogP contribution is -2.52. The number of anilines is 1. The number of nitrogens with one attached hydrogen (secondary N) is 2. The second-order valence-electron chi connectivity index (χ2n) is 8.49. The fourth-order valence-corrected chi connectivity index (χ4v) is 4.09. The minimum absolute atomic E-state index is 0.0802. The number of aromatic amines is 1. The molecule has 4 amide bonds. The first-order chi connectivity index (χ1) is 17.7. The summed E-state index contributed by atoms with van der Waals surface area (Å²) in [6.45, 7) is 0.979. The van der Waals surface area contributed by atoms with Crippen molar-refractivity contribution < 1.29 is 34.2 Å². The van der Waals surface area contributed by atoms with Crippen LogP contribution >= 0.6 is 0 Å². The summed E-state index contributed by atoms with van der Waals surface area (Å²) in [6.07, 6.45) is -2.86. The zero-order valence-corrected chi connectivity index (χ0v) is 19.6. The number of benzene rings is 2. The number of para-hydroxylation sites is 1. The Morgan fingerprint density at radius 3 is 2.16 bits per heavy atom. The Morgan fingerprint density at radius 1 is 0.865 bits per heavy atom. The van der Waals surface area contributed by atoms with Gasteiger partial charge in [0, 0.05) is 43.3 Å². The zero-order chi connectivity index (χ0) is 26.7. The van der Waals surface area contributed by atoms with Crippen molar-refractivity contribution in [1.82, 2.24) is 14.8 Å². The van der Waals surface area contributed by atoms with E-state index in [-0.39, 0.29) is 43.3 Å². The summed E-state index contributed by atoms with van der Waals surface area (Å²) in [7, 11) is 0. The van der Waals surface area contributed by atoms with Gasteiger partial charge in [-0.15, -0.1) is 0 Å². The summed E-state index contributed by atoms with van der Waals surface area (Å²) in [4.78, 5) is 67.8. The molecule has 3 aromatic rings. The molecule has 0 bridgehead atoms. The van der Waals surface area contributed by atoms with Gasteiger partial charge in [0.25, 0.3) is 23.5 Å². The number of H-pyrrole nitrogens is 1. The summed E-state index contributed by atoms with van der Waals surface area (Å²) in [6, 6.07) is 13.4. The van der Waals surface area contributed by atoms with Crippen molar-refractivity contribution in [2.75, 3.05) is 31.5 Å². The second-order valence-corrected chi connectivity index (χ2v) is 8.49. The maximum absolute atomic E-state index is 13.1. The van der Waals surface area contributed by atoms with Gasteiger partial charge in [-0.05, 0) is 18.2 Å². The zero-order valence-electron chi connectivity index (χ0n) is 19.6. The third-order valence-corrected chi connectivity index (χ3v) is 6.15. The summed E-state index contributed by atoms with van der Waals surface area (Å²) in [5.41, 5.74) is 5.99. The number of rotatable bonds is 7. The molecule has 0 saturated carbocycles. The van der Waals surface area contributed by atoms with E-state index in [9.17, 15) is 34.2 Å². The van der Waals surface area contributed by atoms with E-state index in [2.05, 4.69) is 10.3 Å². The Hall–Kier alpha value is -4.55. The molecule has 37 heavy (non-hydrogen) atoms. The molecular weight excluding hydrogens is 482 g/mol. The summed E-state index contributed by atoms with van der Waals surface area (Å²) in [5, 5.41) is 22.0. The number of aliphatic hydroxyl groups excluding tert-OH is 2. The largest absolute Gasteiger partial charge is 0.380 e. The Balaban J connectivity index is 1.44. The molecule has 0 spiro atoms. The fourth-order valence-electron chi connectivity index (χ4n) is 4.09. The number of primary amides is 1. The Morgan fingerprint density at radius 2 is 1.51 bits per heavy atom. The van der Waals surface area contributed by atoms with Crippen molar-refractivity contribution in [3.63, 3.8) is 0 Å². The van der Waals surface area contributed by atoms with E-state index in [4.69, 9.17) is 5.73 Å². The van der Waals surface area contributed by atoms with Crippen LogP contribution in [-0.4, -0.2) is 92.8 Å². The molecular formula is C25H25N5O7. The quantitative estimate of drug-likeness (QED) is 0.210. The van der Waals surface area contributed by atoms with Crippen LogP contribution in [0.3, 0.4) is 0 Å². The van der Waals surface area contributed by atoms with Gasteiger partial charge in [0.05, 0.1) is 16.8 Å². The SMILES string of the molecule is NC(=O)C(O)C(O)C(=O)Nc1cccc2c(C(=O)C(=O)N3CCN(C(=O)c4ccccc4)CC3)c[nH]c12. The summed E-state index contributed by atoms with van der Waals surface area (Å²) in [5.74, 6) is -3.97. The molecule has 1 aliphatic heterocycles. The smallest absolute Gasteiger partial charge is 0.295 e. The highest BCUT2D eigenvalue weighted by Gasteiger charge is 2.31. The average Bonchev–Trinajstić information content (AvgIpc) is 3.36. The third-order valence-electron chi connectivity index (χ3n) is 6.15. The molecule has 1 saturated heterocycles. The van der Waals surface area contributed by atoms with Gasteiger partial charge in [-0.1, -0.05) is 30.3 Å². The first-order valence-corrected chi connectivity index (χ1v) is 11.4. The van der Waals surface area contributed by atoms with Crippen molar-refractivity contribution >= 4 is 46.0 Å². The lowest BCUT2D eigenvalue weighted by molar-refractivity contribution is -0.141. The van der Waals surface area contributed by atoms with E-state index in [1.807, 2.05) is 6.07 Å². The van der Waals surface area contributed by atoms with Crippen molar-refractivity contribution in [2.45, 2.75) is 12.2 Å². The van der Waals surface area contributed by atoms with Crippen molar-refractivity contribution in [2.24, 2.45) is 5.73 Å². The molecule has 1 fully saturated rings. The highest BCUT2D eigenvalue weighted by molar-refractivity contribution is 6.45. The van der Waals surface area contributed by atoms with Crippen LogP contribution in [-0.2, 0) is 14.4 Å². The fraction of sp³-hybridized carbons (Fsp3) is 0.240. The molecule has 4 rings (SSSR count). The number of amides is 4. The van der Waals surface area contributed by atoms with Gasteiger partial charge in [0.2, 0.25) is 5.91 Å². The molecule has 1 aliphatic rings. The Labute approximate surface area is 210 Å². The van der Waals surface area contributed by atoms with Gasteiger partial charge in [0.15, 0.2) is 12.2 Å². The van der Waals surface area contributed by atoms with Crippen molar-refractivity contribution in [1.29, 1.82) is 0 Å². The number of ketones is 1. The number of nitrogens with zero attached hydrogens (tertiary/aromatic N) is 2. The standard InChI is InChI=1S/C25H25N5O7/c26-22(34)20(32)21(33)23(35)28-17-8-4-7-15-16(13-27-18(15)17)19(31)25(37)30-11-9-29(10-12-30)24(36)14-5-2-1-3-6-14/h1-8,13,20-21,27,32-33H,9-12H2,(H2,26,34)(H,28,35). The van der Waals surface area contributed by atoms with E-state index in [1.165, 1.54) is 23.2 Å². The molecule has 0 aliphatic carbocycles. The van der Waals surface area contributed by atoms with Crippen LogP contribution in [0.4, 0.5) is 5.69 Å². The highest BCUT2D eigenvalue weighted by Crippen LogP contribution is 2.26. The Kier molecular flexibility index (Phi) is 7.32. The van der Waals surface area contributed by atoms with Gasteiger partial charge >= 0.3 is 0 Å². The molecule has 1 aromatic heterocycles. The van der Waals surface area contributed by atoms with Gasteiger partial charge in [0.1, 0.15) is 0 Å². The maximum atomic E-state index is 13.1. The van der Waals surface area contributed by atoms with Crippen molar-refractivity contribution in [3.05, 3.63) is 65.9 Å². The number of aliphatic hydroxyl groups is 2. The lowest BCUT2D eigenvalue weighted by atomic mass is 10.1. The first-order valence-electron chi connectivity index (χ1n) is 11.4. The van der Waals surface area contributed by atoms with Gasteiger partial charge < -0.3 is 36.0 Å². The minimum atomic E-state index is -2.10. The van der Waals surface area contributed by atoms with Crippen LogP contribution < -0.4 is 11.1 Å². The van der Waals surface area contributed by atoms with E-state index in [0.717, 1.165) is 0 Å². The topological polar surface area (TPSA) is 186 Å². The monoisotopic (exact) mass is 507 g/mol. The van der Waals surface area contributed by atoms with Crippen LogP contribution in [0.1, 0.15) is 20.7 Å². The molecule has 0 radical (unpaired) electrons. The third kappa shape index (κ3) is 5.20. The minimum Gasteiger partial charge on any atom is -0.380 e. The number of piperazine rings is 1. The molecule has 2 unspecified atom stereocenters. The van der Waals surface area contributed by atoms with Gasteiger partial charge in [-0.25, -0.2) is 0 Å². The van der Waals surface area contributed by atoms with Gasteiger partial charge in [-0.3, -0.25) is 24.0 Å². The maximum Gasteiger partial charge on any atom is 0.295 e. The predicted molar refractivity (Wildman–Crippen MR) is 131 cm³/mol. The highest BCUT2D eigenvalue weighted by atomic mass is 16.3. The van der Waals surface area contributed by atoms with Crippen molar-refractivity contribution in [3.8, 4) is 0 Å².